The Labute approximate surface area is 125 Å². The van der Waals surface area contributed by atoms with E-state index in [1.54, 1.807) is 0 Å². The number of nitrogens with zero attached hydrogens (tertiary/aromatic N) is 2. The molecule has 19 heavy (non-hydrogen) atoms. The van der Waals surface area contributed by atoms with Crippen LogP contribution >= 0.6 is 22.6 Å². The van der Waals surface area contributed by atoms with Crippen molar-refractivity contribution in [3.05, 3.63) is 33.7 Å². The van der Waals surface area contributed by atoms with Gasteiger partial charge < -0.3 is 10.3 Å². The molecule has 0 saturated heterocycles. The Morgan fingerprint density at radius 3 is 2.63 bits per heavy atom. The highest BCUT2D eigenvalue weighted by atomic mass is 127. The molecular weight excluding hydrogens is 353 g/mol. The van der Waals surface area contributed by atoms with E-state index in [-0.39, 0.29) is 0 Å². The van der Waals surface area contributed by atoms with Gasteiger partial charge in [0.2, 0.25) is 0 Å². The number of aromatic nitrogens is 2. The minimum absolute atomic E-state index is 0.403. The lowest BCUT2D eigenvalue weighted by molar-refractivity contribution is 0.275. The summed E-state index contributed by atoms with van der Waals surface area (Å²) in [6.07, 6.45) is 5.42. The molecule has 4 nitrogen and oxygen atoms in total. The van der Waals surface area contributed by atoms with Crippen LogP contribution in [0.5, 0.6) is 0 Å². The van der Waals surface area contributed by atoms with Crippen LogP contribution in [0.4, 0.5) is 0 Å². The van der Waals surface area contributed by atoms with Crippen LogP contribution in [0.2, 0.25) is 0 Å². The predicted octanol–water partition coefficient (Wildman–Crippen LogP) is 3.46. The molecule has 1 aliphatic rings. The lowest BCUT2D eigenvalue weighted by Crippen LogP contribution is -2.39. The fraction of sp³-hybridized carbons (Fsp3) is 0.429. The second-order valence-corrected chi connectivity index (χ2v) is 6.28. The molecule has 0 atom stereocenters. The molecule has 3 rings (SSSR count). The summed E-state index contributed by atoms with van der Waals surface area (Å²) in [6.45, 7) is 0. The third-order valence-corrected chi connectivity index (χ3v) is 4.66. The quantitative estimate of drug-likeness (QED) is 0.824. The Bertz CT molecular complexity index is 576. The molecular formula is C14H16IN3O. The van der Waals surface area contributed by atoms with Crippen molar-refractivity contribution in [3.63, 3.8) is 0 Å². The normalized spacial score (nSPS) is 18.4. The first kappa shape index (κ1) is 13.1. The average molecular weight is 369 g/mol. The average Bonchev–Trinajstić information content (AvgIpc) is 2.90. The summed E-state index contributed by atoms with van der Waals surface area (Å²) in [4.78, 5) is 4.53. The van der Waals surface area contributed by atoms with Gasteiger partial charge in [-0.1, -0.05) is 36.6 Å². The molecule has 0 spiro atoms. The van der Waals surface area contributed by atoms with Gasteiger partial charge in [-0.25, -0.2) is 0 Å². The number of hydrogen-bond acceptors (Lipinski definition) is 4. The summed E-state index contributed by atoms with van der Waals surface area (Å²) in [5.41, 5.74) is 6.99. The van der Waals surface area contributed by atoms with Crippen molar-refractivity contribution in [2.45, 2.75) is 37.6 Å². The molecule has 0 radical (unpaired) electrons. The largest absolute Gasteiger partial charge is 0.334 e. The van der Waals surface area contributed by atoms with E-state index in [9.17, 15) is 0 Å². The van der Waals surface area contributed by atoms with Gasteiger partial charge >= 0.3 is 0 Å². The molecule has 1 heterocycles. The van der Waals surface area contributed by atoms with E-state index >= 15 is 0 Å². The van der Waals surface area contributed by atoms with Gasteiger partial charge in [0.1, 0.15) is 0 Å². The molecule has 2 aromatic rings. The van der Waals surface area contributed by atoms with Crippen LogP contribution in [-0.4, -0.2) is 10.1 Å². The molecule has 1 aromatic heterocycles. The van der Waals surface area contributed by atoms with Gasteiger partial charge in [0.25, 0.3) is 5.89 Å². The Morgan fingerprint density at radius 1 is 1.16 bits per heavy atom. The molecule has 0 unspecified atom stereocenters. The van der Waals surface area contributed by atoms with Crippen molar-refractivity contribution >= 4 is 22.6 Å². The summed E-state index contributed by atoms with van der Waals surface area (Å²) in [6, 6.07) is 7.98. The summed E-state index contributed by atoms with van der Waals surface area (Å²) in [5, 5.41) is 4.11. The highest BCUT2D eigenvalue weighted by Gasteiger charge is 2.34. The molecule has 1 aliphatic carbocycles. The van der Waals surface area contributed by atoms with Crippen LogP contribution in [0.15, 0.2) is 28.8 Å². The third-order valence-electron chi connectivity index (χ3n) is 3.72. The van der Waals surface area contributed by atoms with Gasteiger partial charge in [-0.15, -0.1) is 0 Å². The van der Waals surface area contributed by atoms with Gasteiger partial charge in [-0.3, -0.25) is 0 Å². The zero-order valence-electron chi connectivity index (χ0n) is 10.6. The van der Waals surface area contributed by atoms with E-state index in [0.29, 0.717) is 11.7 Å². The maximum atomic E-state index is 6.42. The SMILES string of the molecule is NC1(c2noc(-c3ccccc3I)n2)CCCCC1. The van der Waals surface area contributed by atoms with E-state index in [2.05, 4.69) is 32.7 Å². The molecule has 1 saturated carbocycles. The second-order valence-electron chi connectivity index (χ2n) is 5.12. The Balaban J connectivity index is 1.93. The van der Waals surface area contributed by atoms with Crippen molar-refractivity contribution in [2.75, 3.05) is 0 Å². The minimum Gasteiger partial charge on any atom is -0.334 e. The first-order valence-corrected chi connectivity index (χ1v) is 7.65. The van der Waals surface area contributed by atoms with Crippen LogP contribution in [0.1, 0.15) is 37.9 Å². The summed E-state index contributed by atoms with van der Waals surface area (Å²) < 4.78 is 6.51. The highest BCUT2D eigenvalue weighted by Crippen LogP contribution is 2.34. The van der Waals surface area contributed by atoms with E-state index in [0.717, 1.165) is 34.8 Å². The van der Waals surface area contributed by atoms with Crippen molar-refractivity contribution in [1.82, 2.24) is 10.1 Å². The zero-order chi connectivity index (χ0) is 13.3. The monoisotopic (exact) mass is 369 g/mol. The smallest absolute Gasteiger partial charge is 0.259 e. The fourth-order valence-electron chi connectivity index (χ4n) is 2.58. The molecule has 100 valence electrons. The molecule has 0 bridgehead atoms. The Morgan fingerprint density at radius 2 is 1.89 bits per heavy atom. The van der Waals surface area contributed by atoms with Gasteiger partial charge in [-0.2, -0.15) is 4.98 Å². The van der Waals surface area contributed by atoms with E-state index in [1.165, 1.54) is 6.42 Å². The lowest BCUT2D eigenvalue weighted by Gasteiger charge is -2.29. The summed E-state index contributed by atoms with van der Waals surface area (Å²) in [7, 11) is 0. The second kappa shape index (κ2) is 5.20. The van der Waals surface area contributed by atoms with Crippen molar-refractivity contribution in [1.29, 1.82) is 0 Å². The predicted molar refractivity (Wildman–Crippen MR) is 81.4 cm³/mol. The van der Waals surface area contributed by atoms with Crippen LogP contribution in [0.3, 0.4) is 0 Å². The first-order valence-electron chi connectivity index (χ1n) is 6.57. The minimum atomic E-state index is -0.403. The Kier molecular flexibility index (Phi) is 3.58. The van der Waals surface area contributed by atoms with Crippen LogP contribution < -0.4 is 5.73 Å². The Hall–Kier alpha value is -0.950. The fourth-order valence-corrected chi connectivity index (χ4v) is 3.19. The van der Waals surface area contributed by atoms with Crippen molar-refractivity contribution in [3.8, 4) is 11.5 Å². The number of hydrogen-bond donors (Lipinski definition) is 1. The molecule has 5 heteroatoms. The van der Waals surface area contributed by atoms with E-state index in [1.807, 2.05) is 24.3 Å². The molecule has 0 aliphatic heterocycles. The summed E-state index contributed by atoms with van der Waals surface area (Å²) >= 11 is 2.27. The molecule has 1 fully saturated rings. The maximum absolute atomic E-state index is 6.42. The zero-order valence-corrected chi connectivity index (χ0v) is 12.8. The number of nitrogens with two attached hydrogens (primary N) is 1. The van der Waals surface area contributed by atoms with Gasteiger partial charge in [0, 0.05) is 3.57 Å². The third kappa shape index (κ3) is 2.53. The first-order chi connectivity index (χ1) is 9.19. The van der Waals surface area contributed by atoms with E-state index < -0.39 is 5.54 Å². The maximum Gasteiger partial charge on any atom is 0.259 e. The number of rotatable bonds is 2. The summed E-state index contributed by atoms with van der Waals surface area (Å²) in [5.74, 6) is 1.22. The van der Waals surface area contributed by atoms with Crippen LogP contribution in [0, 0.1) is 3.57 Å². The van der Waals surface area contributed by atoms with Gasteiger partial charge in [0.15, 0.2) is 5.82 Å². The van der Waals surface area contributed by atoms with Gasteiger partial charge in [-0.05, 0) is 47.6 Å². The number of benzene rings is 1. The molecule has 0 amide bonds. The van der Waals surface area contributed by atoms with E-state index in [4.69, 9.17) is 10.3 Å². The molecule has 2 N–H and O–H groups in total. The van der Waals surface area contributed by atoms with Gasteiger partial charge in [0.05, 0.1) is 11.1 Å². The standard InChI is InChI=1S/C14H16IN3O/c15-11-7-3-2-6-10(11)12-17-13(18-19-12)14(16)8-4-1-5-9-14/h2-3,6-7H,1,4-5,8-9,16H2. The number of halogens is 1. The van der Waals surface area contributed by atoms with Crippen molar-refractivity contribution in [2.24, 2.45) is 5.73 Å². The lowest BCUT2D eigenvalue weighted by atomic mass is 9.82. The van der Waals surface area contributed by atoms with Crippen LogP contribution in [0.25, 0.3) is 11.5 Å². The van der Waals surface area contributed by atoms with Crippen LogP contribution in [-0.2, 0) is 5.54 Å². The highest BCUT2D eigenvalue weighted by molar-refractivity contribution is 14.1. The van der Waals surface area contributed by atoms with Crippen molar-refractivity contribution < 1.29 is 4.52 Å². The topological polar surface area (TPSA) is 64.9 Å². The molecule has 1 aromatic carbocycles.